The zero-order valence-corrected chi connectivity index (χ0v) is 14.1. The van der Waals surface area contributed by atoms with Gasteiger partial charge in [-0.15, -0.1) is 5.10 Å². The van der Waals surface area contributed by atoms with Gasteiger partial charge in [-0.05, 0) is 6.07 Å². The van der Waals surface area contributed by atoms with Crippen LogP contribution >= 0.6 is 0 Å². The van der Waals surface area contributed by atoms with Crippen molar-refractivity contribution in [3.8, 4) is 5.82 Å². The van der Waals surface area contributed by atoms with E-state index in [1.54, 1.807) is 41.4 Å². The number of ether oxygens (including phenoxy) is 1. The lowest BCUT2D eigenvalue weighted by Gasteiger charge is -2.28. The highest BCUT2D eigenvalue weighted by Gasteiger charge is 2.22. The highest BCUT2D eigenvalue weighted by molar-refractivity contribution is 6.10. The van der Waals surface area contributed by atoms with Gasteiger partial charge in [0.05, 0.1) is 38.1 Å². The Labute approximate surface area is 150 Å². The first-order valence-corrected chi connectivity index (χ1v) is 8.44. The molecule has 0 spiro atoms. The van der Waals surface area contributed by atoms with Crippen molar-refractivity contribution in [2.24, 2.45) is 0 Å². The molecule has 0 N–H and O–H groups in total. The first-order valence-electron chi connectivity index (χ1n) is 8.44. The van der Waals surface area contributed by atoms with Gasteiger partial charge in [0.1, 0.15) is 0 Å². The van der Waals surface area contributed by atoms with Crippen LogP contribution in [-0.4, -0.2) is 46.5 Å². The third-order valence-electron chi connectivity index (χ3n) is 4.29. The molecule has 4 rings (SSSR count). The third-order valence-corrected chi connectivity index (χ3v) is 4.29. The van der Waals surface area contributed by atoms with E-state index in [9.17, 15) is 9.59 Å². The van der Waals surface area contributed by atoms with Crippen LogP contribution < -0.4 is 10.6 Å². The number of hydrogen-bond donors (Lipinski definition) is 0. The van der Waals surface area contributed by atoms with Crippen molar-refractivity contribution in [3.05, 3.63) is 82.4 Å². The summed E-state index contributed by atoms with van der Waals surface area (Å²) in [5.74, 6) is 0.159. The fourth-order valence-corrected chi connectivity index (χ4v) is 2.94. The number of rotatable bonds is 4. The van der Waals surface area contributed by atoms with Crippen molar-refractivity contribution in [3.63, 3.8) is 0 Å². The Hall–Kier alpha value is -3.19. The van der Waals surface area contributed by atoms with Crippen LogP contribution in [0.5, 0.6) is 0 Å². The Kier molecular flexibility index (Phi) is 4.37. The Morgan fingerprint density at radius 3 is 2.46 bits per heavy atom. The topological polar surface area (TPSA) is 69.4 Å². The molecular formula is C19H18N4O3. The summed E-state index contributed by atoms with van der Waals surface area (Å²) in [6.07, 6.45) is 3.31. The van der Waals surface area contributed by atoms with Crippen molar-refractivity contribution < 1.29 is 9.53 Å². The molecule has 0 saturated carbocycles. The van der Waals surface area contributed by atoms with Gasteiger partial charge in [-0.1, -0.05) is 36.4 Å². The number of nitrogens with zero attached hydrogens (tertiary/aromatic N) is 4. The van der Waals surface area contributed by atoms with E-state index in [1.807, 2.05) is 23.2 Å². The molecule has 3 heterocycles. The van der Waals surface area contributed by atoms with Crippen LogP contribution in [-0.2, 0) is 4.74 Å². The molecule has 3 aromatic rings. The molecule has 0 unspecified atom stereocenters. The van der Waals surface area contributed by atoms with E-state index in [0.29, 0.717) is 43.2 Å². The van der Waals surface area contributed by atoms with Crippen molar-refractivity contribution in [1.82, 2.24) is 14.5 Å². The number of carbonyl (C=O) groups excluding carboxylic acids is 1. The molecule has 132 valence electrons. The smallest absolute Gasteiger partial charge is 0.256 e. The van der Waals surface area contributed by atoms with E-state index < -0.39 is 0 Å². The van der Waals surface area contributed by atoms with Gasteiger partial charge in [-0.25, -0.2) is 0 Å². The maximum Gasteiger partial charge on any atom is 0.256 e. The molecule has 0 bridgehead atoms. The molecule has 1 aromatic carbocycles. The van der Waals surface area contributed by atoms with Crippen LogP contribution in [0.1, 0.15) is 15.9 Å². The molecule has 0 atom stereocenters. The van der Waals surface area contributed by atoms with E-state index >= 15 is 0 Å². The van der Waals surface area contributed by atoms with Gasteiger partial charge in [0.2, 0.25) is 0 Å². The van der Waals surface area contributed by atoms with E-state index in [0.717, 1.165) is 0 Å². The second-order valence-corrected chi connectivity index (χ2v) is 5.96. The Balaban J connectivity index is 1.83. The van der Waals surface area contributed by atoms with Gasteiger partial charge in [0.25, 0.3) is 5.56 Å². The van der Waals surface area contributed by atoms with Crippen molar-refractivity contribution in [2.45, 2.75) is 0 Å². The van der Waals surface area contributed by atoms with Gasteiger partial charge in [0.15, 0.2) is 11.6 Å². The SMILES string of the molecule is O=C(c1ccccc1)c1cn(N2CCOCC2)nc1-n1ccccc1=O. The minimum atomic E-state index is -0.234. The molecule has 1 saturated heterocycles. The number of pyridine rings is 1. The first-order chi connectivity index (χ1) is 12.7. The van der Waals surface area contributed by atoms with Crippen LogP contribution in [0, 0.1) is 0 Å². The van der Waals surface area contributed by atoms with Gasteiger partial charge >= 0.3 is 0 Å². The molecule has 1 aliphatic heterocycles. The summed E-state index contributed by atoms with van der Waals surface area (Å²) in [5.41, 5.74) is 0.706. The average Bonchev–Trinajstić information content (AvgIpc) is 3.14. The molecule has 0 aliphatic carbocycles. The first kappa shape index (κ1) is 16.3. The molecule has 1 aliphatic rings. The average molecular weight is 350 g/mol. The van der Waals surface area contributed by atoms with E-state index in [4.69, 9.17) is 4.74 Å². The van der Waals surface area contributed by atoms with Crippen molar-refractivity contribution in [2.75, 3.05) is 31.3 Å². The Morgan fingerprint density at radius 2 is 1.73 bits per heavy atom. The summed E-state index contributed by atoms with van der Waals surface area (Å²) in [7, 11) is 0. The lowest BCUT2D eigenvalue weighted by molar-refractivity contribution is 0.103. The van der Waals surface area contributed by atoms with Gasteiger partial charge in [-0.3, -0.25) is 19.2 Å². The van der Waals surface area contributed by atoms with Crippen LogP contribution in [0.15, 0.2) is 65.7 Å². The number of aromatic nitrogens is 3. The Bertz CT molecular complexity index is 972. The zero-order chi connectivity index (χ0) is 17.9. The molecule has 7 heteroatoms. The number of carbonyl (C=O) groups is 1. The summed E-state index contributed by atoms with van der Waals surface area (Å²) in [5, 5.41) is 6.53. The predicted octanol–water partition coefficient (Wildman–Crippen LogP) is 1.23. The van der Waals surface area contributed by atoms with Gasteiger partial charge in [-0.2, -0.15) is 4.79 Å². The molecule has 2 aromatic heterocycles. The maximum atomic E-state index is 13.0. The molecule has 7 nitrogen and oxygen atoms in total. The summed E-state index contributed by atoms with van der Waals surface area (Å²) in [4.78, 5) is 27.0. The van der Waals surface area contributed by atoms with E-state index in [-0.39, 0.29) is 11.3 Å². The lowest BCUT2D eigenvalue weighted by Crippen LogP contribution is -2.44. The minimum absolute atomic E-state index is 0.170. The zero-order valence-electron chi connectivity index (χ0n) is 14.1. The number of hydrogen-bond acceptors (Lipinski definition) is 5. The van der Waals surface area contributed by atoms with Crippen molar-refractivity contribution in [1.29, 1.82) is 0 Å². The number of morpholine rings is 1. The maximum absolute atomic E-state index is 13.0. The highest BCUT2D eigenvalue weighted by Crippen LogP contribution is 2.17. The number of benzene rings is 1. The molecule has 1 fully saturated rings. The summed E-state index contributed by atoms with van der Waals surface area (Å²) in [6, 6.07) is 13.9. The third kappa shape index (κ3) is 3.04. The molecule has 26 heavy (non-hydrogen) atoms. The van der Waals surface area contributed by atoms with Gasteiger partial charge < -0.3 is 4.74 Å². The number of ketones is 1. The quantitative estimate of drug-likeness (QED) is 0.662. The lowest BCUT2D eigenvalue weighted by atomic mass is 10.1. The molecular weight excluding hydrogens is 332 g/mol. The minimum Gasteiger partial charge on any atom is -0.378 e. The van der Waals surface area contributed by atoms with Crippen LogP contribution in [0.25, 0.3) is 5.82 Å². The van der Waals surface area contributed by atoms with Gasteiger partial charge in [0, 0.05) is 17.8 Å². The van der Waals surface area contributed by atoms with Crippen LogP contribution in [0.4, 0.5) is 0 Å². The van der Waals surface area contributed by atoms with Crippen LogP contribution in [0.2, 0.25) is 0 Å². The summed E-state index contributed by atoms with van der Waals surface area (Å²) < 4.78 is 6.77. The standard InChI is InChI=1S/C19H18N4O3/c24-17-8-4-5-9-22(17)19-16(18(25)15-6-2-1-3-7-15)14-23(20-19)21-10-12-26-13-11-21/h1-9,14H,10-13H2. The summed E-state index contributed by atoms with van der Waals surface area (Å²) in [6.45, 7) is 2.54. The molecule has 0 amide bonds. The van der Waals surface area contributed by atoms with E-state index in [2.05, 4.69) is 5.10 Å². The fraction of sp³-hybridized carbons (Fsp3) is 0.211. The fourth-order valence-electron chi connectivity index (χ4n) is 2.94. The predicted molar refractivity (Wildman–Crippen MR) is 96.5 cm³/mol. The van der Waals surface area contributed by atoms with Crippen molar-refractivity contribution >= 4 is 5.78 Å². The second-order valence-electron chi connectivity index (χ2n) is 5.96. The normalized spacial score (nSPS) is 14.4. The molecule has 0 radical (unpaired) electrons. The second kappa shape index (κ2) is 6.97. The monoisotopic (exact) mass is 350 g/mol. The highest BCUT2D eigenvalue weighted by atomic mass is 16.5. The Morgan fingerprint density at radius 1 is 1.00 bits per heavy atom. The van der Waals surface area contributed by atoms with E-state index in [1.165, 1.54) is 10.6 Å². The largest absolute Gasteiger partial charge is 0.378 e. The summed E-state index contributed by atoms with van der Waals surface area (Å²) >= 11 is 0. The van der Waals surface area contributed by atoms with Crippen LogP contribution in [0.3, 0.4) is 0 Å².